The first-order valence-electron chi connectivity index (χ1n) is 11.4. The van der Waals surface area contributed by atoms with E-state index in [1.807, 2.05) is 0 Å². The molecule has 0 radical (unpaired) electrons. The molecule has 9 heteroatoms. The maximum absolute atomic E-state index is 12.6. The Balaban J connectivity index is 1.59. The fourth-order valence-corrected chi connectivity index (χ4v) is 3.77. The molecule has 0 aromatic heterocycles. The fraction of sp³-hybridized carbons (Fsp3) is 0.480. The Morgan fingerprint density at radius 1 is 0.853 bits per heavy atom. The lowest BCUT2D eigenvalue weighted by molar-refractivity contribution is -0.384. The summed E-state index contributed by atoms with van der Waals surface area (Å²) >= 11 is 0. The summed E-state index contributed by atoms with van der Waals surface area (Å²) in [4.78, 5) is 47.0. The molecule has 0 saturated carbocycles. The van der Waals surface area contributed by atoms with E-state index in [1.54, 1.807) is 6.92 Å². The number of allylic oxidation sites excluding steroid dienone is 2. The van der Waals surface area contributed by atoms with E-state index in [-0.39, 0.29) is 34.7 Å². The number of nitro benzene ring substituents is 1. The van der Waals surface area contributed by atoms with Gasteiger partial charge >= 0.3 is 5.97 Å². The normalized spacial score (nSPS) is 13.9. The first-order valence-corrected chi connectivity index (χ1v) is 11.4. The van der Waals surface area contributed by atoms with Gasteiger partial charge in [0.05, 0.1) is 19.1 Å². The van der Waals surface area contributed by atoms with Crippen LogP contribution in [0.1, 0.15) is 64.7 Å². The second kappa shape index (κ2) is 13.3. The Hall–Kier alpha value is -3.49. The number of hydrogen-bond donors (Lipinski definition) is 0. The first-order chi connectivity index (χ1) is 16.3. The van der Waals surface area contributed by atoms with Crippen molar-refractivity contribution in [1.82, 2.24) is 0 Å². The molecule has 0 amide bonds. The summed E-state index contributed by atoms with van der Waals surface area (Å²) in [6.45, 7) is 1.65. The molecule has 1 aliphatic rings. The molecule has 0 unspecified atom stereocenters. The summed E-state index contributed by atoms with van der Waals surface area (Å²) in [5.74, 6) is -0.709. The van der Waals surface area contributed by atoms with Crippen LogP contribution in [0.5, 0.6) is 5.75 Å². The monoisotopic (exact) mass is 473 g/mol. The summed E-state index contributed by atoms with van der Waals surface area (Å²) in [5, 5.41) is 10.6. The third-order valence-electron chi connectivity index (χ3n) is 5.68. The standard InChI is InChI=1S/C25H31NO8/c1-17-20(23(29)25(33-3)24(32-2)22(17)28)11-9-7-5-4-6-8-10-12-21(27)34-19-15-13-18(14-16-19)26(30)31/h13-16H,4-12H2,1-3H3. The molecule has 34 heavy (non-hydrogen) atoms. The van der Waals surface area contributed by atoms with Crippen LogP contribution in [0.15, 0.2) is 46.9 Å². The average Bonchev–Trinajstić information content (AvgIpc) is 2.82. The molecule has 1 aromatic carbocycles. The molecular weight excluding hydrogens is 442 g/mol. The van der Waals surface area contributed by atoms with E-state index in [0.717, 1.165) is 38.5 Å². The number of non-ortho nitro benzene ring substituents is 1. The Kier molecular flexibility index (Phi) is 10.4. The maximum atomic E-state index is 12.6. The summed E-state index contributed by atoms with van der Waals surface area (Å²) in [5.41, 5.74) is 0.861. The molecule has 1 aliphatic carbocycles. The van der Waals surface area contributed by atoms with Crippen molar-refractivity contribution in [1.29, 1.82) is 0 Å². The molecule has 0 fully saturated rings. The number of ether oxygens (including phenoxy) is 3. The molecule has 184 valence electrons. The zero-order chi connectivity index (χ0) is 25.1. The van der Waals surface area contributed by atoms with Crippen molar-refractivity contribution in [2.45, 2.75) is 64.7 Å². The Morgan fingerprint density at radius 3 is 1.94 bits per heavy atom. The number of methoxy groups -OCH3 is 2. The van der Waals surface area contributed by atoms with Crippen molar-refractivity contribution in [3.05, 3.63) is 57.0 Å². The summed E-state index contributed by atoms with van der Waals surface area (Å²) in [7, 11) is 2.70. The lowest BCUT2D eigenvalue weighted by atomic mass is 9.89. The zero-order valence-corrected chi connectivity index (χ0v) is 19.9. The van der Waals surface area contributed by atoms with Gasteiger partial charge in [0, 0.05) is 29.7 Å². The van der Waals surface area contributed by atoms with Gasteiger partial charge in [0.1, 0.15) is 5.75 Å². The quantitative estimate of drug-likeness (QED) is 0.0925. The van der Waals surface area contributed by atoms with Gasteiger partial charge in [-0.25, -0.2) is 0 Å². The SMILES string of the molecule is COC1=C(OC)C(=O)C(CCCCCCCCCC(=O)Oc2ccc([N+](=O)[O-])cc2)=C(C)C1=O. The van der Waals surface area contributed by atoms with Gasteiger partial charge in [-0.1, -0.05) is 32.1 Å². The minimum absolute atomic E-state index is 0.0276. The van der Waals surface area contributed by atoms with Gasteiger partial charge in [0.25, 0.3) is 5.69 Å². The van der Waals surface area contributed by atoms with Crippen molar-refractivity contribution in [2.24, 2.45) is 0 Å². The number of carbonyl (C=O) groups excluding carboxylic acids is 3. The fourth-order valence-electron chi connectivity index (χ4n) is 3.77. The highest BCUT2D eigenvalue weighted by atomic mass is 16.6. The number of nitro groups is 1. The first kappa shape index (κ1) is 26.8. The number of Topliss-reactive ketones (excluding diaryl/α,β-unsaturated/α-hetero) is 2. The smallest absolute Gasteiger partial charge is 0.311 e. The van der Waals surface area contributed by atoms with Gasteiger partial charge in [-0.2, -0.15) is 0 Å². The van der Waals surface area contributed by atoms with Crippen LogP contribution in [-0.2, 0) is 23.9 Å². The van der Waals surface area contributed by atoms with Crippen LogP contribution in [0.4, 0.5) is 5.69 Å². The number of esters is 1. The van der Waals surface area contributed by atoms with Crippen molar-refractivity contribution in [3.63, 3.8) is 0 Å². The van der Waals surface area contributed by atoms with E-state index >= 15 is 0 Å². The van der Waals surface area contributed by atoms with Crippen molar-refractivity contribution >= 4 is 23.2 Å². The second-order valence-corrected chi connectivity index (χ2v) is 8.03. The summed E-state index contributed by atoms with van der Waals surface area (Å²) in [6, 6.07) is 5.42. The van der Waals surface area contributed by atoms with E-state index < -0.39 is 4.92 Å². The van der Waals surface area contributed by atoms with Gasteiger partial charge in [0.2, 0.25) is 23.1 Å². The number of ketones is 2. The van der Waals surface area contributed by atoms with Gasteiger partial charge < -0.3 is 14.2 Å². The predicted octanol–water partition coefficient (Wildman–Crippen LogP) is 4.98. The molecule has 0 aliphatic heterocycles. The lowest BCUT2D eigenvalue weighted by Crippen LogP contribution is -2.25. The second-order valence-electron chi connectivity index (χ2n) is 8.03. The number of benzene rings is 1. The molecule has 0 N–H and O–H groups in total. The van der Waals surface area contributed by atoms with E-state index in [2.05, 4.69) is 0 Å². The predicted molar refractivity (Wildman–Crippen MR) is 124 cm³/mol. The minimum Gasteiger partial charge on any atom is -0.489 e. The lowest BCUT2D eigenvalue weighted by Gasteiger charge is -2.20. The van der Waals surface area contributed by atoms with Crippen LogP contribution in [0, 0.1) is 10.1 Å². The highest BCUT2D eigenvalue weighted by Gasteiger charge is 2.34. The number of rotatable bonds is 14. The van der Waals surface area contributed by atoms with Crippen LogP contribution >= 0.6 is 0 Å². The third kappa shape index (κ3) is 7.26. The number of unbranched alkanes of at least 4 members (excludes halogenated alkanes) is 6. The molecule has 0 bridgehead atoms. The van der Waals surface area contributed by atoms with E-state index in [9.17, 15) is 24.5 Å². The molecule has 0 spiro atoms. The molecule has 9 nitrogen and oxygen atoms in total. The number of hydrogen-bond acceptors (Lipinski definition) is 8. The van der Waals surface area contributed by atoms with Gasteiger partial charge in [-0.05, 0) is 38.3 Å². The van der Waals surface area contributed by atoms with Crippen LogP contribution < -0.4 is 4.74 Å². The van der Waals surface area contributed by atoms with Crippen molar-refractivity contribution < 1.29 is 33.5 Å². The Labute approximate surface area is 198 Å². The summed E-state index contributed by atoms with van der Waals surface area (Å²) in [6.07, 6.45) is 7.15. The molecule has 1 aromatic rings. The molecule has 2 rings (SSSR count). The van der Waals surface area contributed by atoms with Gasteiger partial charge in [-0.3, -0.25) is 24.5 Å². The number of carbonyl (C=O) groups is 3. The highest BCUT2D eigenvalue weighted by molar-refractivity contribution is 6.23. The van der Waals surface area contributed by atoms with Gasteiger partial charge in [-0.15, -0.1) is 0 Å². The molecule has 0 atom stereocenters. The van der Waals surface area contributed by atoms with E-state index in [4.69, 9.17) is 14.2 Å². The number of nitrogens with zero attached hydrogens (tertiary/aromatic N) is 1. The molecular formula is C25H31NO8. The molecule has 0 heterocycles. The Bertz CT molecular complexity index is 975. The van der Waals surface area contributed by atoms with Crippen LogP contribution in [0.25, 0.3) is 0 Å². The van der Waals surface area contributed by atoms with Crippen LogP contribution in [-0.4, -0.2) is 36.7 Å². The maximum Gasteiger partial charge on any atom is 0.311 e. The van der Waals surface area contributed by atoms with Crippen LogP contribution in [0.2, 0.25) is 0 Å². The van der Waals surface area contributed by atoms with Gasteiger partial charge in [0.15, 0.2) is 0 Å². The van der Waals surface area contributed by atoms with Crippen LogP contribution in [0.3, 0.4) is 0 Å². The van der Waals surface area contributed by atoms with E-state index in [0.29, 0.717) is 36.2 Å². The third-order valence-corrected chi connectivity index (χ3v) is 5.68. The van der Waals surface area contributed by atoms with E-state index in [1.165, 1.54) is 38.5 Å². The zero-order valence-electron chi connectivity index (χ0n) is 19.9. The average molecular weight is 474 g/mol. The topological polar surface area (TPSA) is 122 Å². The Morgan fingerprint density at radius 2 is 1.38 bits per heavy atom. The van der Waals surface area contributed by atoms with Crippen molar-refractivity contribution in [3.8, 4) is 5.75 Å². The van der Waals surface area contributed by atoms with Crippen molar-refractivity contribution in [2.75, 3.05) is 14.2 Å². The minimum atomic E-state index is -0.508. The summed E-state index contributed by atoms with van der Waals surface area (Å²) < 4.78 is 15.3. The molecule has 0 saturated heterocycles. The largest absolute Gasteiger partial charge is 0.489 e. The highest BCUT2D eigenvalue weighted by Crippen LogP contribution is 2.29.